The first-order valence-corrected chi connectivity index (χ1v) is 8.39. The number of aromatic nitrogens is 4. The Morgan fingerprint density at radius 3 is 2.54 bits per heavy atom. The Kier molecular flexibility index (Phi) is 4.62. The first kappa shape index (κ1) is 17.9. The van der Waals surface area contributed by atoms with Gasteiger partial charge in [-0.25, -0.2) is 14.8 Å². The van der Waals surface area contributed by atoms with Gasteiger partial charge >= 0.3 is 5.69 Å². The van der Waals surface area contributed by atoms with Gasteiger partial charge in [0.1, 0.15) is 6.61 Å². The zero-order valence-electron chi connectivity index (χ0n) is 15.5. The van der Waals surface area contributed by atoms with Crippen LogP contribution >= 0.6 is 0 Å². The second-order valence-electron chi connectivity index (χ2n) is 5.90. The summed E-state index contributed by atoms with van der Waals surface area (Å²) in [7, 11) is 4.61. The molecule has 4 rings (SSSR count). The average Bonchev–Trinajstić information content (AvgIpc) is 3.34. The van der Waals surface area contributed by atoms with Crippen molar-refractivity contribution in [1.29, 1.82) is 0 Å². The Bertz CT molecular complexity index is 1090. The fourth-order valence-electron chi connectivity index (χ4n) is 2.95. The summed E-state index contributed by atoms with van der Waals surface area (Å²) in [5.41, 5.74) is 1.67. The highest BCUT2D eigenvalue weighted by molar-refractivity contribution is 5.73. The fraction of sp³-hybridized carbons (Fsp3) is 0.278. The number of ether oxygens (including phenoxy) is 3. The lowest BCUT2D eigenvalue weighted by molar-refractivity contribution is -0.236. The van der Waals surface area contributed by atoms with Crippen molar-refractivity contribution in [3.8, 4) is 28.5 Å². The van der Waals surface area contributed by atoms with Gasteiger partial charge < -0.3 is 19.1 Å². The van der Waals surface area contributed by atoms with Gasteiger partial charge in [-0.15, -0.1) is 0 Å². The van der Waals surface area contributed by atoms with Gasteiger partial charge in [0.2, 0.25) is 5.75 Å². The predicted octanol–water partition coefficient (Wildman–Crippen LogP) is 1.66. The largest absolute Gasteiger partial charge is 0.493 e. The molecule has 0 fully saturated rings. The van der Waals surface area contributed by atoms with E-state index in [4.69, 9.17) is 24.0 Å². The molecule has 2 aromatic heterocycles. The number of fused-ring (bicyclic) bond motifs is 1. The molecule has 1 aromatic carbocycles. The van der Waals surface area contributed by atoms with Gasteiger partial charge in [-0.3, -0.25) is 9.55 Å². The standard InChI is InChI=1S/C18H18N4O6/c1-24-13-6-10(7-14(25-2)15(13)26-3)12-8-19-16-17(20-12)22(18(23)21-16)9-11-4-5-27-28-11/h4,6-8H,5,9H2,1-3H3,(H,19,21,23). The molecular formula is C18H18N4O6. The SMILES string of the molecule is COc1cc(-c2cnc3[nH]c(=O)n(CC4=CCOO4)c3n2)cc(OC)c1OC. The smallest absolute Gasteiger partial charge is 0.329 e. The van der Waals surface area contributed by atoms with E-state index in [1.807, 2.05) is 0 Å². The highest BCUT2D eigenvalue weighted by Gasteiger charge is 2.18. The maximum atomic E-state index is 12.3. The van der Waals surface area contributed by atoms with E-state index >= 15 is 0 Å². The van der Waals surface area contributed by atoms with Crippen molar-refractivity contribution in [2.45, 2.75) is 6.54 Å². The lowest BCUT2D eigenvalue weighted by Crippen LogP contribution is -2.18. The fourth-order valence-corrected chi connectivity index (χ4v) is 2.95. The molecule has 0 saturated heterocycles. The number of imidazole rings is 1. The third-order valence-electron chi connectivity index (χ3n) is 4.30. The Labute approximate surface area is 159 Å². The number of hydrogen-bond acceptors (Lipinski definition) is 8. The molecular weight excluding hydrogens is 368 g/mol. The summed E-state index contributed by atoms with van der Waals surface area (Å²) in [6, 6.07) is 3.53. The Balaban J connectivity index is 1.82. The summed E-state index contributed by atoms with van der Waals surface area (Å²) >= 11 is 0. The molecule has 28 heavy (non-hydrogen) atoms. The summed E-state index contributed by atoms with van der Waals surface area (Å²) in [6.45, 7) is 0.529. The van der Waals surface area contributed by atoms with E-state index in [0.29, 0.717) is 52.2 Å². The second-order valence-corrected chi connectivity index (χ2v) is 5.90. The molecule has 146 valence electrons. The lowest BCUT2D eigenvalue weighted by Gasteiger charge is -2.14. The predicted molar refractivity (Wildman–Crippen MR) is 98.4 cm³/mol. The molecule has 1 N–H and O–H groups in total. The highest BCUT2D eigenvalue weighted by atomic mass is 17.2. The molecule has 0 radical (unpaired) electrons. The summed E-state index contributed by atoms with van der Waals surface area (Å²) in [4.78, 5) is 33.8. The van der Waals surface area contributed by atoms with Gasteiger partial charge in [0.25, 0.3) is 0 Å². The Hall–Kier alpha value is -3.53. The van der Waals surface area contributed by atoms with Crippen LogP contribution in [0.4, 0.5) is 0 Å². The summed E-state index contributed by atoms with van der Waals surface area (Å²) < 4.78 is 17.6. The molecule has 0 saturated carbocycles. The molecule has 0 unspecified atom stereocenters. The number of benzene rings is 1. The van der Waals surface area contributed by atoms with E-state index in [-0.39, 0.29) is 12.2 Å². The number of methoxy groups -OCH3 is 3. The molecule has 10 nitrogen and oxygen atoms in total. The molecule has 1 aliphatic heterocycles. The van der Waals surface area contributed by atoms with Crippen molar-refractivity contribution >= 4 is 11.3 Å². The molecule has 0 aliphatic carbocycles. The first-order valence-electron chi connectivity index (χ1n) is 8.39. The van der Waals surface area contributed by atoms with Crippen molar-refractivity contribution < 1.29 is 24.0 Å². The molecule has 1 aliphatic rings. The summed E-state index contributed by atoms with van der Waals surface area (Å²) in [6.07, 6.45) is 3.32. The van der Waals surface area contributed by atoms with Crippen LogP contribution in [0, 0.1) is 0 Å². The number of nitrogens with zero attached hydrogens (tertiary/aromatic N) is 3. The van der Waals surface area contributed by atoms with Crippen molar-refractivity contribution in [3.05, 3.63) is 40.6 Å². The quantitative estimate of drug-likeness (QED) is 0.637. The van der Waals surface area contributed by atoms with Gasteiger partial charge in [0, 0.05) is 5.56 Å². The number of aromatic amines is 1. The van der Waals surface area contributed by atoms with Crippen LogP contribution in [0.2, 0.25) is 0 Å². The third-order valence-corrected chi connectivity index (χ3v) is 4.30. The summed E-state index contributed by atoms with van der Waals surface area (Å²) in [5.74, 6) is 1.99. The monoisotopic (exact) mass is 386 g/mol. The second kappa shape index (κ2) is 7.24. The minimum atomic E-state index is -0.339. The number of rotatable bonds is 6. The van der Waals surface area contributed by atoms with Gasteiger partial charge in [0.05, 0.1) is 39.8 Å². The van der Waals surface area contributed by atoms with Crippen LogP contribution < -0.4 is 19.9 Å². The Morgan fingerprint density at radius 1 is 1.18 bits per heavy atom. The number of allylic oxidation sites excluding steroid dienone is 1. The zero-order chi connectivity index (χ0) is 19.7. The molecule has 0 atom stereocenters. The van der Waals surface area contributed by atoms with Gasteiger partial charge in [0.15, 0.2) is 28.6 Å². The minimum Gasteiger partial charge on any atom is -0.493 e. The van der Waals surface area contributed by atoms with Gasteiger partial charge in [-0.1, -0.05) is 0 Å². The highest BCUT2D eigenvalue weighted by Crippen LogP contribution is 2.40. The van der Waals surface area contributed by atoms with E-state index in [0.717, 1.165) is 0 Å². The van der Waals surface area contributed by atoms with Crippen LogP contribution in [0.3, 0.4) is 0 Å². The average molecular weight is 386 g/mol. The normalized spacial score (nSPS) is 13.3. The third kappa shape index (κ3) is 3.03. The Morgan fingerprint density at radius 2 is 1.93 bits per heavy atom. The zero-order valence-corrected chi connectivity index (χ0v) is 15.5. The first-order chi connectivity index (χ1) is 13.6. The maximum Gasteiger partial charge on any atom is 0.329 e. The van der Waals surface area contributed by atoms with Crippen LogP contribution in [-0.2, 0) is 16.3 Å². The molecule has 0 spiro atoms. The van der Waals surface area contributed by atoms with Crippen molar-refractivity contribution in [1.82, 2.24) is 19.5 Å². The molecule has 0 bridgehead atoms. The number of hydrogen-bond donors (Lipinski definition) is 1. The molecule has 0 amide bonds. The van der Waals surface area contributed by atoms with E-state index in [9.17, 15) is 4.79 Å². The number of H-pyrrole nitrogens is 1. The lowest BCUT2D eigenvalue weighted by atomic mass is 10.1. The van der Waals surface area contributed by atoms with Crippen molar-refractivity contribution in [3.63, 3.8) is 0 Å². The van der Waals surface area contributed by atoms with Crippen LogP contribution in [0.1, 0.15) is 0 Å². The van der Waals surface area contributed by atoms with Gasteiger partial charge in [-0.2, -0.15) is 4.89 Å². The van der Waals surface area contributed by atoms with Crippen LogP contribution in [-0.4, -0.2) is 47.5 Å². The van der Waals surface area contributed by atoms with E-state index in [2.05, 4.69) is 15.0 Å². The van der Waals surface area contributed by atoms with Crippen LogP contribution in [0.5, 0.6) is 17.2 Å². The van der Waals surface area contributed by atoms with Gasteiger partial charge in [-0.05, 0) is 18.2 Å². The van der Waals surface area contributed by atoms with Crippen LogP contribution in [0.25, 0.3) is 22.6 Å². The van der Waals surface area contributed by atoms with Crippen molar-refractivity contribution in [2.75, 3.05) is 27.9 Å². The summed E-state index contributed by atoms with van der Waals surface area (Å²) in [5, 5.41) is 0. The number of nitrogens with one attached hydrogen (secondary N) is 1. The topological polar surface area (TPSA) is 110 Å². The van der Waals surface area contributed by atoms with Crippen LogP contribution in [0.15, 0.2) is 35.0 Å². The molecule has 3 heterocycles. The van der Waals surface area contributed by atoms with E-state index in [1.165, 1.54) is 25.9 Å². The molecule has 3 aromatic rings. The molecule has 10 heteroatoms. The minimum absolute atomic E-state index is 0.187. The van der Waals surface area contributed by atoms with Crippen molar-refractivity contribution in [2.24, 2.45) is 0 Å². The van der Waals surface area contributed by atoms with E-state index in [1.54, 1.807) is 24.4 Å². The van der Waals surface area contributed by atoms with E-state index < -0.39 is 0 Å². The maximum absolute atomic E-state index is 12.3.